The number of rotatable bonds is 9. The second-order valence-corrected chi connectivity index (χ2v) is 4.99. The first-order valence-electron chi connectivity index (χ1n) is 6.98. The number of aromatic nitrogens is 2. The van der Waals surface area contributed by atoms with E-state index in [-0.39, 0.29) is 37.3 Å². The maximum Gasteiger partial charge on any atom is 0.241 e. The molecule has 8 nitrogen and oxygen atoms in total. The highest BCUT2D eigenvalue weighted by molar-refractivity contribution is 5.92. The Morgan fingerprint density at radius 3 is 2.86 bits per heavy atom. The molecule has 0 atom stereocenters. The predicted octanol–water partition coefficient (Wildman–Crippen LogP) is -0.242. The van der Waals surface area contributed by atoms with Crippen molar-refractivity contribution >= 4 is 29.9 Å². The van der Waals surface area contributed by atoms with Gasteiger partial charge in [0.1, 0.15) is 6.54 Å². The molecule has 0 bridgehead atoms. The first-order chi connectivity index (χ1) is 10.2. The zero-order chi connectivity index (χ0) is 15.1. The van der Waals surface area contributed by atoms with E-state index in [4.69, 9.17) is 4.74 Å². The van der Waals surface area contributed by atoms with E-state index in [1.807, 2.05) is 0 Å². The van der Waals surface area contributed by atoms with Crippen LogP contribution >= 0.6 is 12.4 Å². The lowest BCUT2D eigenvalue weighted by Crippen LogP contribution is -2.30. The van der Waals surface area contributed by atoms with Crippen LogP contribution in [0.25, 0.3) is 0 Å². The number of anilines is 1. The van der Waals surface area contributed by atoms with Gasteiger partial charge in [-0.25, -0.2) is 0 Å². The number of nitrogens with zero attached hydrogens (tertiary/aromatic N) is 2. The maximum absolute atomic E-state index is 11.6. The van der Waals surface area contributed by atoms with Gasteiger partial charge < -0.3 is 20.7 Å². The average Bonchev–Trinajstić information content (AvgIpc) is 3.14. The Morgan fingerprint density at radius 1 is 1.41 bits per heavy atom. The fourth-order valence-corrected chi connectivity index (χ4v) is 1.74. The summed E-state index contributed by atoms with van der Waals surface area (Å²) >= 11 is 0. The van der Waals surface area contributed by atoms with Crippen LogP contribution < -0.4 is 16.0 Å². The minimum absolute atomic E-state index is 0. The summed E-state index contributed by atoms with van der Waals surface area (Å²) < 4.78 is 6.37. The zero-order valence-corrected chi connectivity index (χ0v) is 13.3. The van der Waals surface area contributed by atoms with Gasteiger partial charge in [0.15, 0.2) is 0 Å². The standard InChI is InChI=1S/C13H21N5O3.ClH/c1-21-5-4-14-7-12(19)17-11-6-15-18(8-11)9-13(20)16-10-2-3-10;/h6,8,10,14H,2-5,7,9H2,1H3,(H,16,20)(H,17,19);1H. The van der Waals surface area contributed by atoms with Gasteiger partial charge in [-0.15, -0.1) is 12.4 Å². The number of carbonyl (C=O) groups excluding carboxylic acids is 2. The second-order valence-electron chi connectivity index (χ2n) is 4.99. The molecule has 1 aliphatic carbocycles. The first kappa shape index (κ1) is 18.4. The number of hydrogen-bond donors (Lipinski definition) is 3. The fraction of sp³-hybridized carbons (Fsp3) is 0.615. The van der Waals surface area contributed by atoms with Gasteiger partial charge in [-0.3, -0.25) is 14.3 Å². The summed E-state index contributed by atoms with van der Waals surface area (Å²) in [5, 5.41) is 12.6. The van der Waals surface area contributed by atoms with E-state index in [1.54, 1.807) is 13.3 Å². The van der Waals surface area contributed by atoms with Crippen molar-refractivity contribution in [1.82, 2.24) is 20.4 Å². The molecule has 1 fully saturated rings. The third kappa shape index (κ3) is 6.88. The summed E-state index contributed by atoms with van der Waals surface area (Å²) in [7, 11) is 1.61. The van der Waals surface area contributed by atoms with E-state index in [0.29, 0.717) is 24.9 Å². The molecule has 2 amide bonds. The largest absolute Gasteiger partial charge is 0.383 e. The van der Waals surface area contributed by atoms with Gasteiger partial charge in [0.25, 0.3) is 0 Å². The quantitative estimate of drug-likeness (QED) is 0.543. The third-order valence-corrected chi connectivity index (χ3v) is 2.93. The van der Waals surface area contributed by atoms with Gasteiger partial charge >= 0.3 is 0 Å². The van der Waals surface area contributed by atoms with E-state index >= 15 is 0 Å². The van der Waals surface area contributed by atoms with Crippen molar-refractivity contribution in [3.05, 3.63) is 12.4 Å². The molecule has 1 aromatic rings. The van der Waals surface area contributed by atoms with Crippen molar-refractivity contribution in [1.29, 1.82) is 0 Å². The third-order valence-electron chi connectivity index (χ3n) is 2.93. The van der Waals surface area contributed by atoms with Crippen LogP contribution in [0.1, 0.15) is 12.8 Å². The van der Waals surface area contributed by atoms with Gasteiger partial charge in [0.2, 0.25) is 11.8 Å². The van der Waals surface area contributed by atoms with Crippen LogP contribution in [0, 0.1) is 0 Å². The Bertz CT molecular complexity index is 490. The molecule has 124 valence electrons. The molecule has 0 aliphatic heterocycles. The lowest BCUT2D eigenvalue weighted by atomic mass is 10.5. The van der Waals surface area contributed by atoms with Crippen LogP contribution in [0.3, 0.4) is 0 Å². The molecule has 9 heteroatoms. The molecule has 22 heavy (non-hydrogen) atoms. The molecule has 1 heterocycles. The highest BCUT2D eigenvalue weighted by Gasteiger charge is 2.23. The first-order valence-corrected chi connectivity index (χ1v) is 6.98. The van der Waals surface area contributed by atoms with E-state index in [1.165, 1.54) is 10.9 Å². The number of halogens is 1. The minimum Gasteiger partial charge on any atom is -0.383 e. The number of carbonyl (C=O) groups is 2. The van der Waals surface area contributed by atoms with Crippen molar-refractivity contribution in [2.45, 2.75) is 25.4 Å². The van der Waals surface area contributed by atoms with Crippen LogP contribution in [0.4, 0.5) is 5.69 Å². The Morgan fingerprint density at radius 2 is 2.18 bits per heavy atom. The van der Waals surface area contributed by atoms with Gasteiger partial charge in [0.05, 0.1) is 25.0 Å². The molecule has 2 rings (SSSR count). The molecular formula is C13H22ClN5O3. The van der Waals surface area contributed by atoms with Crippen molar-refractivity contribution < 1.29 is 14.3 Å². The normalized spacial score (nSPS) is 13.3. The molecule has 3 N–H and O–H groups in total. The summed E-state index contributed by atoms with van der Waals surface area (Å²) in [6.45, 7) is 1.54. The number of amides is 2. The van der Waals surface area contributed by atoms with E-state index in [2.05, 4.69) is 21.0 Å². The van der Waals surface area contributed by atoms with E-state index in [9.17, 15) is 9.59 Å². The number of nitrogens with one attached hydrogen (secondary N) is 3. The summed E-state index contributed by atoms with van der Waals surface area (Å²) in [4.78, 5) is 23.2. The summed E-state index contributed by atoms with van der Waals surface area (Å²) in [6, 6.07) is 0.338. The van der Waals surface area contributed by atoms with Crippen LogP contribution in [0.15, 0.2) is 12.4 Å². The van der Waals surface area contributed by atoms with Gasteiger partial charge in [-0.1, -0.05) is 0 Å². The number of ether oxygens (including phenoxy) is 1. The monoisotopic (exact) mass is 331 g/mol. The second kappa shape index (κ2) is 9.39. The van der Waals surface area contributed by atoms with Crippen LogP contribution in [0.5, 0.6) is 0 Å². The Balaban J connectivity index is 0.00000242. The summed E-state index contributed by atoms with van der Waals surface area (Å²) in [5.41, 5.74) is 0.577. The molecule has 0 spiro atoms. The van der Waals surface area contributed by atoms with Gasteiger partial charge in [-0.05, 0) is 12.8 Å². The number of hydrogen-bond acceptors (Lipinski definition) is 5. The molecule has 0 unspecified atom stereocenters. The maximum atomic E-state index is 11.6. The average molecular weight is 332 g/mol. The lowest BCUT2D eigenvalue weighted by Gasteiger charge is -2.04. The molecule has 1 aromatic heterocycles. The minimum atomic E-state index is -0.159. The van der Waals surface area contributed by atoms with Crippen molar-refractivity contribution in [3.8, 4) is 0 Å². The topological polar surface area (TPSA) is 97.3 Å². The lowest BCUT2D eigenvalue weighted by molar-refractivity contribution is -0.122. The Hall–Kier alpha value is -1.64. The van der Waals surface area contributed by atoms with Crippen molar-refractivity contribution in [2.24, 2.45) is 0 Å². The SMILES string of the molecule is COCCNCC(=O)Nc1cnn(CC(=O)NC2CC2)c1.Cl. The molecule has 0 saturated heterocycles. The van der Waals surface area contributed by atoms with Gasteiger partial charge in [0, 0.05) is 25.9 Å². The van der Waals surface area contributed by atoms with Crippen LogP contribution in [-0.4, -0.2) is 54.4 Å². The van der Waals surface area contributed by atoms with Crippen molar-refractivity contribution in [3.63, 3.8) is 0 Å². The molecule has 0 radical (unpaired) electrons. The fourth-order valence-electron chi connectivity index (χ4n) is 1.74. The highest BCUT2D eigenvalue weighted by atomic mass is 35.5. The van der Waals surface area contributed by atoms with Gasteiger partial charge in [-0.2, -0.15) is 5.10 Å². The van der Waals surface area contributed by atoms with Crippen LogP contribution in [0.2, 0.25) is 0 Å². The van der Waals surface area contributed by atoms with E-state index in [0.717, 1.165) is 12.8 Å². The summed E-state index contributed by atoms with van der Waals surface area (Å²) in [5.74, 6) is -0.215. The predicted molar refractivity (Wildman–Crippen MR) is 84.0 cm³/mol. The van der Waals surface area contributed by atoms with Crippen molar-refractivity contribution in [2.75, 3.05) is 32.1 Å². The summed E-state index contributed by atoms with van der Waals surface area (Å²) in [6.07, 6.45) is 5.28. The Kier molecular flexibility index (Phi) is 7.86. The molecule has 1 saturated carbocycles. The van der Waals surface area contributed by atoms with Crippen LogP contribution in [-0.2, 0) is 20.9 Å². The molecular weight excluding hydrogens is 310 g/mol. The zero-order valence-electron chi connectivity index (χ0n) is 12.5. The molecule has 0 aromatic carbocycles. The smallest absolute Gasteiger partial charge is 0.241 e. The Labute approximate surface area is 135 Å². The number of methoxy groups -OCH3 is 1. The van der Waals surface area contributed by atoms with E-state index < -0.39 is 0 Å². The molecule has 1 aliphatic rings. The highest BCUT2D eigenvalue weighted by Crippen LogP contribution is 2.18.